The zero-order chi connectivity index (χ0) is 39.0. The molecule has 2 aliphatic carbocycles. The van der Waals surface area contributed by atoms with Crippen LogP contribution in [0.25, 0.3) is 0 Å². The van der Waals surface area contributed by atoms with Gasteiger partial charge < -0.3 is 0 Å². The van der Waals surface area contributed by atoms with Gasteiger partial charge in [-0.1, -0.05) is 139 Å². The number of rotatable bonds is 27. The first-order valence-corrected chi connectivity index (χ1v) is 24.8. The molecule has 2 fully saturated rings. The molecule has 9 unspecified atom stereocenters. The third-order valence-electron chi connectivity index (χ3n) is 14.9. The Labute approximate surface area is 336 Å². The summed E-state index contributed by atoms with van der Waals surface area (Å²) in [6.45, 7) is 29.3. The van der Waals surface area contributed by atoms with Gasteiger partial charge in [-0.2, -0.15) is 0 Å². The topological polar surface area (TPSA) is 6.48 Å². The molecule has 0 spiro atoms. The largest absolute Gasteiger partial charge is 0.295 e. The molecule has 0 bridgehead atoms. The van der Waals surface area contributed by atoms with Gasteiger partial charge >= 0.3 is 0 Å². The van der Waals surface area contributed by atoms with E-state index in [0.717, 1.165) is 60.2 Å². The first-order valence-electron chi connectivity index (χ1n) is 24.8. The van der Waals surface area contributed by atoms with Gasteiger partial charge in [0.05, 0.1) is 0 Å². The van der Waals surface area contributed by atoms with E-state index in [9.17, 15) is 0 Å². The molecule has 2 rings (SSSR count). The Kier molecular flexibility index (Phi) is 26.7. The van der Waals surface area contributed by atoms with Crippen LogP contribution in [0.5, 0.6) is 0 Å². The highest BCUT2D eigenvalue weighted by atomic mass is 15.2. The average molecular weight is 741 g/mol. The highest BCUT2D eigenvalue weighted by Crippen LogP contribution is 2.41. The first-order chi connectivity index (χ1) is 25.6. The summed E-state index contributed by atoms with van der Waals surface area (Å²) in [5.74, 6) is 4.29. The van der Waals surface area contributed by atoms with E-state index in [2.05, 4.69) is 91.7 Å². The maximum absolute atomic E-state index is 4.06. The quantitative estimate of drug-likeness (QED) is 0.0611. The van der Waals surface area contributed by atoms with Gasteiger partial charge in [0, 0.05) is 36.3 Å². The molecule has 0 aromatic carbocycles. The van der Waals surface area contributed by atoms with Gasteiger partial charge in [0.1, 0.15) is 0 Å². The van der Waals surface area contributed by atoms with Crippen molar-refractivity contribution in [3.63, 3.8) is 0 Å². The van der Waals surface area contributed by atoms with Crippen molar-refractivity contribution >= 4 is 0 Å². The van der Waals surface area contributed by atoms with E-state index < -0.39 is 0 Å². The molecule has 0 saturated heterocycles. The predicted octanol–water partition coefficient (Wildman–Crippen LogP) is 16.2. The van der Waals surface area contributed by atoms with Gasteiger partial charge in [0.25, 0.3) is 0 Å². The number of unbranched alkanes of at least 4 members (excludes halogenated alkanes) is 3. The van der Waals surface area contributed by atoms with Gasteiger partial charge in [-0.25, -0.2) is 0 Å². The minimum atomic E-state index is 0.670. The van der Waals surface area contributed by atoms with Crippen LogP contribution in [-0.2, 0) is 0 Å². The van der Waals surface area contributed by atoms with Crippen molar-refractivity contribution in [1.29, 1.82) is 0 Å². The lowest BCUT2D eigenvalue weighted by atomic mass is 9.72. The van der Waals surface area contributed by atoms with Crippen LogP contribution in [0.2, 0.25) is 0 Å². The standard InChI is InChI=1S/C51H100N2/c1-12-18-21-28-44(10)52(45(11)29-22-19-13-2)50-36-33-42(8)38-46(39-47(35-37-50)43(9)34-32-41(7)17-6)40-51(27-16-5)53(48(25-14-3)26-15-4)49-30-23-20-24-31-49/h12,41-51H,1,13-40H2,2-11H3. The van der Waals surface area contributed by atoms with Crippen molar-refractivity contribution in [2.75, 3.05) is 0 Å². The van der Waals surface area contributed by atoms with E-state index in [1.54, 1.807) is 0 Å². The van der Waals surface area contributed by atoms with Crippen molar-refractivity contribution in [2.45, 2.75) is 285 Å². The third kappa shape index (κ3) is 18.2. The van der Waals surface area contributed by atoms with Crippen molar-refractivity contribution < 1.29 is 0 Å². The SMILES string of the molecule is C=CCCCC(C)N(C(C)CCCCC)C1CCC(C)CC(CC(CCC)N(C(CCC)CCC)C2CCCCC2)CC(C(C)CCC(C)CC)CC1. The van der Waals surface area contributed by atoms with E-state index in [4.69, 9.17) is 0 Å². The fraction of sp³-hybridized carbons (Fsp3) is 0.961. The third-order valence-corrected chi connectivity index (χ3v) is 14.9. The molecular weight excluding hydrogens is 641 g/mol. The Morgan fingerprint density at radius 2 is 1.19 bits per heavy atom. The molecule has 2 aliphatic rings. The Morgan fingerprint density at radius 1 is 0.585 bits per heavy atom. The number of hydrogen-bond acceptors (Lipinski definition) is 2. The maximum Gasteiger partial charge on any atom is 0.0104 e. The smallest absolute Gasteiger partial charge is 0.0104 e. The molecule has 0 heterocycles. The molecule has 0 N–H and O–H groups in total. The molecule has 314 valence electrons. The van der Waals surface area contributed by atoms with Crippen LogP contribution in [0.1, 0.15) is 249 Å². The number of nitrogens with zero attached hydrogens (tertiary/aromatic N) is 2. The van der Waals surface area contributed by atoms with E-state index in [1.165, 1.54) is 173 Å². The van der Waals surface area contributed by atoms with Gasteiger partial charge in [-0.05, 0) is 146 Å². The molecule has 9 atom stereocenters. The van der Waals surface area contributed by atoms with Crippen LogP contribution < -0.4 is 0 Å². The second-order valence-electron chi connectivity index (χ2n) is 19.6. The summed E-state index contributed by atoms with van der Waals surface area (Å²) < 4.78 is 0. The summed E-state index contributed by atoms with van der Waals surface area (Å²) in [5, 5.41) is 0. The molecule has 0 amide bonds. The first kappa shape index (κ1) is 48.8. The maximum atomic E-state index is 4.06. The van der Waals surface area contributed by atoms with Gasteiger partial charge in [-0.3, -0.25) is 9.80 Å². The van der Waals surface area contributed by atoms with Crippen LogP contribution in [0, 0.1) is 29.6 Å². The lowest BCUT2D eigenvalue weighted by Crippen LogP contribution is -2.51. The summed E-state index contributed by atoms with van der Waals surface area (Å²) in [6.07, 6.45) is 41.3. The van der Waals surface area contributed by atoms with Crippen LogP contribution >= 0.6 is 0 Å². The second kappa shape index (κ2) is 29.0. The normalized spacial score (nSPS) is 25.4. The molecule has 53 heavy (non-hydrogen) atoms. The van der Waals surface area contributed by atoms with Gasteiger partial charge in [0.2, 0.25) is 0 Å². The molecule has 2 saturated carbocycles. The zero-order valence-corrected chi connectivity index (χ0v) is 38.3. The van der Waals surface area contributed by atoms with Crippen LogP contribution in [0.3, 0.4) is 0 Å². The van der Waals surface area contributed by atoms with E-state index in [-0.39, 0.29) is 0 Å². The highest BCUT2D eigenvalue weighted by Gasteiger charge is 2.36. The minimum Gasteiger partial charge on any atom is -0.295 e. The Hall–Kier alpha value is -0.340. The van der Waals surface area contributed by atoms with Crippen LogP contribution in [-0.4, -0.2) is 46.1 Å². The lowest BCUT2D eigenvalue weighted by Gasteiger charge is -2.47. The van der Waals surface area contributed by atoms with Crippen LogP contribution in [0.15, 0.2) is 12.7 Å². The number of allylic oxidation sites excluding steroid dienone is 1. The van der Waals surface area contributed by atoms with Gasteiger partial charge in [0.15, 0.2) is 0 Å². The summed E-state index contributed by atoms with van der Waals surface area (Å²) in [5.41, 5.74) is 0. The highest BCUT2D eigenvalue weighted by molar-refractivity contribution is 4.91. The van der Waals surface area contributed by atoms with E-state index >= 15 is 0 Å². The minimum absolute atomic E-state index is 0.670. The molecule has 0 radical (unpaired) electrons. The van der Waals surface area contributed by atoms with Crippen LogP contribution in [0.4, 0.5) is 0 Å². The molecule has 0 aromatic heterocycles. The van der Waals surface area contributed by atoms with Crippen molar-refractivity contribution in [3.05, 3.63) is 12.7 Å². The summed E-state index contributed by atoms with van der Waals surface area (Å²) in [6, 6.07) is 4.52. The fourth-order valence-electron chi connectivity index (χ4n) is 11.5. The lowest BCUT2D eigenvalue weighted by molar-refractivity contribution is 0.0226. The molecule has 2 nitrogen and oxygen atoms in total. The zero-order valence-electron chi connectivity index (χ0n) is 38.3. The molecule has 0 aliphatic heterocycles. The van der Waals surface area contributed by atoms with Crippen molar-refractivity contribution in [3.8, 4) is 0 Å². The summed E-state index contributed by atoms with van der Waals surface area (Å²) in [7, 11) is 0. The van der Waals surface area contributed by atoms with Crippen molar-refractivity contribution in [1.82, 2.24) is 9.80 Å². The van der Waals surface area contributed by atoms with Crippen molar-refractivity contribution in [2.24, 2.45) is 29.6 Å². The Bertz CT molecular complexity index is 856. The summed E-state index contributed by atoms with van der Waals surface area (Å²) >= 11 is 0. The second-order valence-corrected chi connectivity index (χ2v) is 19.6. The number of hydrogen-bond donors (Lipinski definition) is 0. The van der Waals surface area contributed by atoms with Gasteiger partial charge in [-0.15, -0.1) is 6.58 Å². The van der Waals surface area contributed by atoms with E-state index in [0.29, 0.717) is 12.1 Å². The molecule has 0 aromatic rings. The van der Waals surface area contributed by atoms with E-state index in [1.807, 2.05) is 0 Å². The average Bonchev–Trinajstić information content (AvgIpc) is 3.14. The predicted molar refractivity (Wildman–Crippen MR) is 240 cm³/mol. The Morgan fingerprint density at radius 3 is 1.79 bits per heavy atom. The monoisotopic (exact) mass is 741 g/mol. The summed E-state index contributed by atoms with van der Waals surface area (Å²) in [4.78, 5) is 6.33. The Balaban J connectivity index is 2.45. The fourth-order valence-corrected chi connectivity index (χ4v) is 11.5. The molecular formula is C51H100N2. The molecule has 2 heteroatoms.